The molecule has 0 aliphatic carbocycles. The zero-order valence-corrected chi connectivity index (χ0v) is 11.2. The van der Waals surface area contributed by atoms with Crippen LogP contribution in [0.5, 0.6) is 0 Å². The summed E-state index contributed by atoms with van der Waals surface area (Å²) in [5, 5.41) is 11.5. The summed E-state index contributed by atoms with van der Waals surface area (Å²) in [6.07, 6.45) is 1.30. The standard InChI is InChI=1S/C13H19N5/c1-8(2)10-5-9-11(18(4)7-14)6-12(15-3)17-13(9)16-10/h5-8,14H,1-4H3,(H2,15,16,17). The van der Waals surface area contributed by atoms with E-state index in [1.807, 2.05) is 20.2 Å². The Morgan fingerprint density at radius 3 is 2.72 bits per heavy atom. The minimum Gasteiger partial charge on any atom is -0.373 e. The summed E-state index contributed by atoms with van der Waals surface area (Å²) in [6.45, 7) is 4.29. The van der Waals surface area contributed by atoms with E-state index in [0.717, 1.165) is 28.2 Å². The highest BCUT2D eigenvalue weighted by Gasteiger charge is 2.12. The Hall–Kier alpha value is -2.04. The van der Waals surface area contributed by atoms with Gasteiger partial charge in [-0.05, 0) is 12.0 Å². The van der Waals surface area contributed by atoms with Crippen molar-refractivity contribution in [2.75, 3.05) is 24.3 Å². The lowest BCUT2D eigenvalue weighted by Crippen LogP contribution is -2.14. The van der Waals surface area contributed by atoms with Gasteiger partial charge < -0.3 is 15.2 Å². The van der Waals surface area contributed by atoms with Gasteiger partial charge in [0.05, 0.1) is 12.0 Å². The molecule has 2 aromatic heterocycles. The van der Waals surface area contributed by atoms with Gasteiger partial charge >= 0.3 is 0 Å². The normalized spacial score (nSPS) is 10.9. The zero-order chi connectivity index (χ0) is 13.3. The Labute approximate surface area is 107 Å². The Morgan fingerprint density at radius 2 is 2.17 bits per heavy atom. The first kappa shape index (κ1) is 12.4. The summed E-state index contributed by atoms with van der Waals surface area (Å²) in [7, 11) is 3.71. The van der Waals surface area contributed by atoms with E-state index in [2.05, 4.69) is 35.2 Å². The van der Waals surface area contributed by atoms with Gasteiger partial charge in [0.1, 0.15) is 11.5 Å². The van der Waals surface area contributed by atoms with Crippen LogP contribution in [0, 0.1) is 5.41 Å². The summed E-state index contributed by atoms with van der Waals surface area (Å²) in [5.74, 6) is 1.22. The van der Waals surface area contributed by atoms with Crippen molar-refractivity contribution in [3.63, 3.8) is 0 Å². The first-order valence-corrected chi connectivity index (χ1v) is 6.01. The van der Waals surface area contributed by atoms with E-state index in [1.54, 1.807) is 4.90 Å². The lowest BCUT2D eigenvalue weighted by atomic mass is 10.1. The fourth-order valence-corrected chi connectivity index (χ4v) is 1.91. The van der Waals surface area contributed by atoms with Crippen molar-refractivity contribution in [1.82, 2.24) is 9.97 Å². The topological polar surface area (TPSA) is 67.8 Å². The van der Waals surface area contributed by atoms with Crippen LogP contribution in [0.15, 0.2) is 12.1 Å². The SMILES string of the molecule is CNc1cc(N(C)C=N)c2cc(C(C)C)[nH]c2n1. The third-order valence-corrected chi connectivity index (χ3v) is 3.05. The van der Waals surface area contributed by atoms with Crippen molar-refractivity contribution in [1.29, 1.82) is 5.41 Å². The molecule has 0 bridgehead atoms. The van der Waals surface area contributed by atoms with Gasteiger partial charge in [-0.2, -0.15) is 0 Å². The van der Waals surface area contributed by atoms with Crippen LogP contribution in [0.3, 0.4) is 0 Å². The van der Waals surface area contributed by atoms with Crippen LogP contribution in [0.4, 0.5) is 11.5 Å². The smallest absolute Gasteiger partial charge is 0.142 e. The van der Waals surface area contributed by atoms with Crippen LogP contribution in [-0.4, -0.2) is 30.4 Å². The summed E-state index contributed by atoms with van der Waals surface area (Å²) < 4.78 is 0. The third kappa shape index (κ3) is 2.03. The fraction of sp³-hybridized carbons (Fsp3) is 0.385. The van der Waals surface area contributed by atoms with Gasteiger partial charge in [-0.25, -0.2) is 4.98 Å². The van der Waals surface area contributed by atoms with E-state index in [1.165, 1.54) is 6.34 Å². The minimum absolute atomic E-state index is 0.426. The lowest BCUT2D eigenvalue weighted by molar-refractivity contribution is 0.835. The molecule has 2 heterocycles. The molecule has 2 rings (SSSR count). The molecule has 18 heavy (non-hydrogen) atoms. The minimum atomic E-state index is 0.426. The lowest BCUT2D eigenvalue weighted by Gasteiger charge is -2.14. The molecule has 2 aromatic rings. The first-order chi connectivity index (χ1) is 8.56. The second-order valence-corrected chi connectivity index (χ2v) is 4.66. The first-order valence-electron chi connectivity index (χ1n) is 6.01. The maximum Gasteiger partial charge on any atom is 0.142 e. The summed E-state index contributed by atoms with van der Waals surface area (Å²) in [5.41, 5.74) is 2.99. The summed E-state index contributed by atoms with van der Waals surface area (Å²) in [6, 6.07) is 4.06. The molecule has 0 amide bonds. The van der Waals surface area contributed by atoms with Crippen LogP contribution >= 0.6 is 0 Å². The molecule has 0 fully saturated rings. The van der Waals surface area contributed by atoms with Gasteiger partial charge in [-0.1, -0.05) is 13.8 Å². The zero-order valence-electron chi connectivity index (χ0n) is 11.2. The predicted octanol–water partition coefficient (Wildman–Crippen LogP) is 2.77. The van der Waals surface area contributed by atoms with Gasteiger partial charge in [0, 0.05) is 31.2 Å². The fourth-order valence-electron chi connectivity index (χ4n) is 1.91. The van der Waals surface area contributed by atoms with Crippen LogP contribution in [-0.2, 0) is 0 Å². The molecule has 0 atom stereocenters. The van der Waals surface area contributed by atoms with E-state index < -0.39 is 0 Å². The Morgan fingerprint density at radius 1 is 1.44 bits per heavy atom. The van der Waals surface area contributed by atoms with Crippen LogP contribution in [0.1, 0.15) is 25.5 Å². The van der Waals surface area contributed by atoms with Crippen molar-refractivity contribution in [3.05, 3.63) is 17.8 Å². The summed E-state index contributed by atoms with van der Waals surface area (Å²) in [4.78, 5) is 9.62. The Balaban J connectivity index is 2.68. The highest BCUT2D eigenvalue weighted by Crippen LogP contribution is 2.30. The highest BCUT2D eigenvalue weighted by molar-refractivity contribution is 5.97. The predicted molar refractivity (Wildman–Crippen MR) is 76.9 cm³/mol. The third-order valence-electron chi connectivity index (χ3n) is 3.05. The molecule has 0 saturated carbocycles. The number of aromatic amines is 1. The van der Waals surface area contributed by atoms with Gasteiger partial charge in [0.15, 0.2) is 0 Å². The second kappa shape index (κ2) is 4.68. The molecular weight excluding hydrogens is 226 g/mol. The number of nitrogens with one attached hydrogen (secondary N) is 3. The molecule has 5 nitrogen and oxygen atoms in total. The van der Waals surface area contributed by atoms with E-state index in [4.69, 9.17) is 5.41 Å². The molecule has 0 saturated heterocycles. The number of rotatable bonds is 4. The molecule has 3 N–H and O–H groups in total. The number of H-pyrrole nitrogens is 1. The molecule has 0 unspecified atom stereocenters. The maximum atomic E-state index is 7.39. The average molecular weight is 245 g/mol. The van der Waals surface area contributed by atoms with Crippen LogP contribution in [0.25, 0.3) is 11.0 Å². The van der Waals surface area contributed by atoms with E-state index in [0.29, 0.717) is 5.92 Å². The monoisotopic (exact) mass is 245 g/mol. The van der Waals surface area contributed by atoms with Crippen molar-refractivity contribution in [2.45, 2.75) is 19.8 Å². The van der Waals surface area contributed by atoms with Gasteiger partial charge in [0.25, 0.3) is 0 Å². The molecular formula is C13H19N5. The Bertz CT molecular complexity index is 570. The van der Waals surface area contributed by atoms with Crippen molar-refractivity contribution in [2.24, 2.45) is 0 Å². The number of hydrogen-bond donors (Lipinski definition) is 3. The molecule has 0 aromatic carbocycles. The average Bonchev–Trinajstić information content (AvgIpc) is 2.80. The highest BCUT2D eigenvalue weighted by atomic mass is 15.1. The molecule has 5 heteroatoms. The largest absolute Gasteiger partial charge is 0.373 e. The molecule has 0 aliphatic heterocycles. The quantitative estimate of drug-likeness (QED) is 0.573. The van der Waals surface area contributed by atoms with Gasteiger partial charge in [0.2, 0.25) is 0 Å². The van der Waals surface area contributed by atoms with Crippen LogP contribution < -0.4 is 10.2 Å². The number of hydrogen-bond acceptors (Lipinski definition) is 3. The van der Waals surface area contributed by atoms with Gasteiger partial charge in [-0.15, -0.1) is 0 Å². The molecule has 0 radical (unpaired) electrons. The number of pyridine rings is 1. The number of aromatic nitrogens is 2. The van der Waals surface area contributed by atoms with Gasteiger partial charge in [-0.3, -0.25) is 5.41 Å². The molecule has 96 valence electrons. The Kier molecular flexibility index (Phi) is 3.23. The van der Waals surface area contributed by atoms with E-state index in [9.17, 15) is 0 Å². The summed E-state index contributed by atoms with van der Waals surface area (Å²) >= 11 is 0. The molecule has 0 spiro atoms. The maximum absolute atomic E-state index is 7.39. The number of nitrogens with zero attached hydrogens (tertiary/aromatic N) is 2. The number of fused-ring (bicyclic) bond motifs is 1. The van der Waals surface area contributed by atoms with E-state index in [-0.39, 0.29) is 0 Å². The van der Waals surface area contributed by atoms with Crippen LogP contribution in [0.2, 0.25) is 0 Å². The van der Waals surface area contributed by atoms with Crippen molar-refractivity contribution < 1.29 is 0 Å². The molecule has 0 aliphatic rings. The van der Waals surface area contributed by atoms with Crippen molar-refractivity contribution >= 4 is 28.9 Å². The second-order valence-electron chi connectivity index (χ2n) is 4.66. The van der Waals surface area contributed by atoms with E-state index >= 15 is 0 Å². The van der Waals surface area contributed by atoms with Crippen molar-refractivity contribution in [3.8, 4) is 0 Å². The number of anilines is 2.